The number of anilines is 1. The van der Waals surface area contributed by atoms with Gasteiger partial charge >= 0.3 is 0 Å². The number of amides is 1. The lowest BCUT2D eigenvalue weighted by atomic mass is 9.93. The summed E-state index contributed by atoms with van der Waals surface area (Å²) in [6.45, 7) is 8.05. The van der Waals surface area contributed by atoms with E-state index in [1.165, 1.54) is 0 Å². The molecule has 2 saturated carbocycles. The van der Waals surface area contributed by atoms with Crippen molar-refractivity contribution in [1.29, 1.82) is 0 Å². The van der Waals surface area contributed by atoms with Crippen molar-refractivity contribution in [1.82, 2.24) is 19.9 Å². The predicted octanol–water partition coefficient (Wildman–Crippen LogP) is 5.85. The summed E-state index contributed by atoms with van der Waals surface area (Å²) in [6, 6.07) is 7.63. The summed E-state index contributed by atoms with van der Waals surface area (Å²) >= 11 is 0. The molecule has 0 saturated heterocycles. The first-order valence-corrected chi connectivity index (χ1v) is 12.3. The van der Waals surface area contributed by atoms with E-state index in [1.54, 1.807) is 0 Å². The lowest BCUT2D eigenvalue weighted by molar-refractivity contribution is -0.121. The van der Waals surface area contributed by atoms with Crippen LogP contribution in [0, 0.1) is 25.7 Å². The molecule has 9 heteroatoms. The minimum atomic E-state index is -2.95. The van der Waals surface area contributed by atoms with Gasteiger partial charge < -0.3 is 14.4 Å². The van der Waals surface area contributed by atoms with Crippen LogP contribution in [0.1, 0.15) is 74.2 Å². The molecular formula is C26H31F2N5O2. The highest BCUT2D eigenvalue weighted by molar-refractivity contribution is 5.94. The molecular weight excluding hydrogens is 452 g/mol. The lowest BCUT2D eigenvalue weighted by Gasteiger charge is -2.20. The normalized spacial score (nSPS) is 21.6. The summed E-state index contributed by atoms with van der Waals surface area (Å²) in [4.78, 5) is 13.3. The summed E-state index contributed by atoms with van der Waals surface area (Å²) in [5, 5.41) is 15.8. The topological polar surface area (TPSA) is 85.8 Å². The van der Waals surface area contributed by atoms with E-state index >= 15 is 0 Å². The van der Waals surface area contributed by atoms with E-state index in [-0.39, 0.29) is 6.04 Å². The monoisotopic (exact) mass is 483 g/mol. The van der Waals surface area contributed by atoms with Crippen LogP contribution in [0.3, 0.4) is 0 Å². The van der Waals surface area contributed by atoms with Crippen LogP contribution in [0.5, 0.6) is 0 Å². The summed E-state index contributed by atoms with van der Waals surface area (Å²) in [6.07, 6.45) is 1.63. The van der Waals surface area contributed by atoms with Crippen LogP contribution in [0.15, 0.2) is 28.8 Å². The van der Waals surface area contributed by atoms with E-state index in [0.29, 0.717) is 28.9 Å². The first-order valence-electron chi connectivity index (χ1n) is 12.3. The van der Waals surface area contributed by atoms with Gasteiger partial charge in [0.15, 0.2) is 11.5 Å². The van der Waals surface area contributed by atoms with E-state index in [0.717, 1.165) is 36.1 Å². The highest BCUT2D eigenvalue weighted by Crippen LogP contribution is 2.50. The van der Waals surface area contributed by atoms with Crippen LogP contribution in [-0.4, -0.2) is 31.8 Å². The maximum absolute atomic E-state index is 14.7. The Hall–Kier alpha value is -3.10. The van der Waals surface area contributed by atoms with Crippen LogP contribution in [-0.2, 0) is 11.2 Å². The maximum atomic E-state index is 14.7. The molecule has 2 aromatic heterocycles. The van der Waals surface area contributed by atoms with E-state index in [4.69, 9.17) is 4.52 Å². The number of benzene rings is 1. The maximum Gasteiger partial charge on any atom is 0.249 e. The molecule has 3 aromatic rings. The van der Waals surface area contributed by atoms with Crippen molar-refractivity contribution in [3.05, 3.63) is 47.0 Å². The van der Waals surface area contributed by atoms with Gasteiger partial charge in [0, 0.05) is 43.0 Å². The quantitative estimate of drug-likeness (QED) is 0.456. The van der Waals surface area contributed by atoms with Gasteiger partial charge in [0.25, 0.3) is 0 Å². The van der Waals surface area contributed by atoms with Crippen LogP contribution in [0.25, 0.3) is 11.5 Å². The minimum Gasteiger partial charge on any atom is -0.361 e. The molecule has 186 valence electrons. The van der Waals surface area contributed by atoms with E-state index in [2.05, 4.69) is 34.5 Å². The van der Waals surface area contributed by atoms with Gasteiger partial charge in [-0.05, 0) is 44.2 Å². The molecule has 5 rings (SSSR count). The molecule has 2 heterocycles. The van der Waals surface area contributed by atoms with E-state index < -0.39 is 36.5 Å². The molecule has 0 aliphatic heterocycles. The molecule has 0 bridgehead atoms. The number of nitrogens with one attached hydrogen (secondary N) is 1. The molecule has 7 nitrogen and oxygen atoms in total. The summed E-state index contributed by atoms with van der Waals surface area (Å²) < 4.78 is 36.8. The van der Waals surface area contributed by atoms with Crippen molar-refractivity contribution in [2.24, 2.45) is 11.8 Å². The molecule has 0 radical (unpaired) electrons. The highest BCUT2D eigenvalue weighted by Gasteiger charge is 2.52. The minimum absolute atomic E-state index is 0.123. The molecule has 0 spiro atoms. The highest BCUT2D eigenvalue weighted by atomic mass is 19.3. The van der Waals surface area contributed by atoms with Crippen LogP contribution in [0.2, 0.25) is 0 Å². The summed E-state index contributed by atoms with van der Waals surface area (Å²) in [7, 11) is 0. The molecule has 2 aliphatic rings. The van der Waals surface area contributed by atoms with Gasteiger partial charge in [-0.25, -0.2) is 8.78 Å². The van der Waals surface area contributed by atoms with Crippen molar-refractivity contribution in [3.8, 4) is 11.5 Å². The third-order valence-electron chi connectivity index (χ3n) is 6.86. The zero-order chi connectivity index (χ0) is 24.9. The van der Waals surface area contributed by atoms with Crippen molar-refractivity contribution < 1.29 is 18.1 Å². The Kier molecular flexibility index (Phi) is 5.97. The number of halogens is 2. The Morgan fingerprint density at radius 1 is 1.20 bits per heavy atom. The Labute approximate surface area is 203 Å². The molecule has 1 aromatic carbocycles. The van der Waals surface area contributed by atoms with Gasteiger partial charge in [0.2, 0.25) is 11.8 Å². The molecule has 0 unspecified atom stereocenters. The first kappa shape index (κ1) is 23.6. The summed E-state index contributed by atoms with van der Waals surface area (Å²) in [5.74, 6) is -2.89. The van der Waals surface area contributed by atoms with E-state index in [9.17, 15) is 13.6 Å². The number of hydrogen-bond acceptors (Lipinski definition) is 5. The molecule has 2 fully saturated rings. The van der Waals surface area contributed by atoms with Gasteiger partial charge in [-0.2, -0.15) is 0 Å². The fourth-order valence-electron chi connectivity index (χ4n) is 5.08. The second-order valence-corrected chi connectivity index (χ2v) is 10.5. The number of nitrogens with zero attached hydrogens (tertiary/aromatic N) is 4. The standard InChI is InChI=1S/C26H31F2N5O2/c1-14(2)9-18-11-22(32-35-18)24-31-30-23(33(24)17-6-7-17)19-12-26(27,28)13-20(19)25(34)29-21-8-5-15(3)10-16(21)4/h5,8,10-11,14,17,19-20H,6-7,9,12-13H2,1-4H3,(H,29,34)/t19-,20-/m0/s1. The zero-order valence-electron chi connectivity index (χ0n) is 20.5. The molecule has 1 N–H and O–H groups in total. The average Bonchev–Trinajstić information content (AvgIpc) is 3.20. The van der Waals surface area contributed by atoms with Crippen molar-refractivity contribution in [2.45, 2.75) is 77.7 Å². The largest absolute Gasteiger partial charge is 0.361 e. The SMILES string of the molecule is Cc1ccc(NC(=O)[C@H]2CC(F)(F)C[C@@H]2c2nnc(-c3cc(CC(C)C)on3)n2C2CC2)c(C)c1. The number of carbonyl (C=O) groups is 1. The van der Waals surface area contributed by atoms with Crippen molar-refractivity contribution in [3.63, 3.8) is 0 Å². The molecule has 2 atom stereocenters. The number of aryl methyl sites for hydroxylation is 2. The molecule has 1 amide bonds. The Bertz CT molecular complexity index is 1240. The van der Waals surface area contributed by atoms with Crippen LogP contribution >= 0.6 is 0 Å². The third-order valence-corrected chi connectivity index (χ3v) is 6.86. The smallest absolute Gasteiger partial charge is 0.249 e. The fraction of sp³-hybridized carbons (Fsp3) is 0.538. The van der Waals surface area contributed by atoms with Gasteiger partial charge in [-0.15, -0.1) is 10.2 Å². The first-order chi connectivity index (χ1) is 16.6. The average molecular weight is 484 g/mol. The van der Waals surface area contributed by atoms with Gasteiger partial charge in [0.1, 0.15) is 11.6 Å². The van der Waals surface area contributed by atoms with E-state index in [1.807, 2.05) is 42.7 Å². The molecule has 35 heavy (non-hydrogen) atoms. The van der Waals surface area contributed by atoms with Gasteiger partial charge in [0.05, 0.1) is 5.92 Å². The number of alkyl halides is 2. The second kappa shape index (κ2) is 8.84. The zero-order valence-corrected chi connectivity index (χ0v) is 20.5. The second-order valence-electron chi connectivity index (χ2n) is 10.5. The number of hydrogen-bond donors (Lipinski definition) is 1. The van der Waals surface area contributed by atoms with Crippen molar-refractivity contribution in [2.75, 3.05) is 5.32 Å². The lowest BCUT2D eigenvalue weighted by Crippen LogP contribution is -2.27. The molecule has 2 aliphatic carbocycles. The number of carbonyl (C=O) groups excluding carboxylic acids is 1. The third kappa shape index (κ3) is 4.86. The Balaban J connectivity index is 1.46. The van der Waals surface area contributed by atoms with Gasteiger partial charge in [-0.3, -0.25) is 4.79 Å². The van der Waals surface area contributed by atoms with Crippen LogP contribution in [0.4, 0.5) is 14.5 Å². The predicted molar refractivity (Wildman–Crippen MR) is 127 cm³/mol. The number of aromatic nitrogens is 4. The number of rotatable bonds is 7. The van der Waals surface area contributed by atoms with Crippen LogP contribution < -0.4 is 5.32 Å². The Morgan fingerprint density at radius 2 is 1.97 bits per heavy atom. The van der Waals surface area contributed by atoms with Crippen molar-refractivity contribution >= 4 is 11.6 Å². The summed E-state index contributed by atoms with van der Waals surface area (Å²) in [5.41, 5.74) is 3.15. The Morgan fingerprint density at radius 3 is 2.66 bits per heavy atom. The fourth-order valence-corrected chi connectivity index (χ4v) is 5.08. The van der Waals surface area contributed by atoms with Gasteiger partial charge in [-0.1, -0.05) is 36.7 Å².